The van der Waals surface area contributed by atoms with Crippen LogP contribution in [-0.4, -0.2) is 0 Å². The number of rotatable bonds is 1. The van der Waals surface area contributed by atoms with Crippen LogP contribution >= 0.6 is 0 Å². The van der Waals surface area contributed by atoms with Crippen molar-refractivity contribution in [3.8, 4) is 22.8 Å². The molecule has 0 radical (unpaired) electrons. The highest BCUT2D eigenvalue weighted by Gasteiger charge is 2.32. The first-order chi connectivity index (χ1) is 11.7. The summed E-state index contributed by atoms with van der Waals surface area (Å²) in [4.78, 5) is 0. The molecule has 4 aromatic rings. The molecule has 1 aliphatic rings. The van der Waals surface area contributed by atoms with Gasteiger partial charge in [0.25, 0.3) is 5.69 Å². The summed E-state index contributed by atoms with van der Waals surface area (Å²) in [5.74, 6) is 2.49. The molecule has 3 heterocycles. The van der Waals surface area contributed by atoms with Crippen LogP contribution in [-0.2, 0) is 7.05 Å². The van der Waals surface area contributed by atoms with Gasteiger partial charge in [-0.25, -0.2) is 0 Å². The fraction of sp³-hybridized carbons (Fsp3) is 0.0952. The highest BCUT2D eigenvalue weighted by molar-refractivity contribution is 6.06. The van der Waals surface area contributed by atoms with Gasteiger partial charge in [-0.2, -0.15) is 4.57 Å². The van der Waals surface area contributed by atoms with Crippen molar-refractivity contribution < 1.29 is 13.7 Å². The first-order valence-corrected chi connectivity index (χ1v) is 7.96. The van der Waals surface area contributed by atoms with Crippen molar-refractivity contribution >= 4 is 27.8 Å². The van der Waals surface area contributed by atoms with Crippen molar-refractivity contribution in [2.45, 2.75) is 6.92 Å². The van der Waals surface area contributed by atoms with Gasteiger partial charge in [-0.05, 0) is 36.1 Å². The number of fused-ring (bicyclic) bond motifs is 4. The maximum Gasteiger partial charge on any atom is 0.257 e. The van der Waals surface area contributed by atoms with E-state index in [1.807, 2.05) is 31.4 Å². The number of hydrogen-bond donors (Lipinski definition) is 0. The fourth-order valence-electron chi connectivity index (χ4n) is 3.67. The van der Waals surface area contributed by atoms with Gasteiger partial charge < -0.3 is 9.15 Å². The van der Waals surface area contributed by atoms with E-state index in [4.69, 9.17) is 9.15 Å². The van der Waals surface area contributed by atoms with E-state index in [2.05, 4.69) is 36.3 Å². The van der Waals surface area contributed by atoms with E-state index in [0.29, 0.717) is 0 Å². The second kappa shape index (κ2) is 4.48. The number of aromatic nitrogens is 1. The molecule has 0 fully saturated rings. The number of nitrogens with zero attached hydrogens (tertiary/aromatic N) is 1. The van der Waals surface area contributed by atoms with Crippen LogP contribution in [0.5, 0.6) is 11.5 Å². The SMILES string of the molecule is C=Cc1cc2c3c([n+](C)cc2o1)-c1c(C)ccc2cccc(c12)O3. The van der Waals surface area contributed by atoms with Gasteiger partial charge in [0.05, 0.1) is 10.9 Å². The highest BCUT2D eigenvalue weighted by atomic mass is 16.5. The van der Waals surface area contributed by atoms with Crippen molar-refractivity contribution in [3.63, 3.8) is 0 Å². The number of pyridine rings is 1. The van der Waals surface area contributed by atoms with Gasteiger partial charge in [0.2, 0.25) is 17.5 Å². The number of ether oxygens (including phenoxy) is 1. The molecular weight excluding hydrogens is 298 g/mol. The molecule has 0 saturated heterocycles. The molecule has 0 spiro atoms. The summed E-state index contributed by atoms with van der Waals surface area (Å²) in [5, 5.41) is 3.34. The molecule has 0 aliphatic carbocycles. The molecule has 0 amide bonds. The average molecular weight is 314 g/mol. The Balaban J connectivity index is 2.00. The third kappa shape index (κ3) is 1.59. The van der Waals surface area contributed by atoms with Crippen LogP contribution in [0.4, 0.5) is 0 Å². The number of furan rings is 1. The molecule has 116 valence electrons. The summed E-state index contributed by atoms with van der Waals surface area (Å²) in [6.07, 6.45) is 3.73. The van der Waals surface area contributed by atoms with E-state index in [1.165, 1.54) is 21.9 Å². The third-order valence-corrected chi connectivity index (χ3v) is 4.77. The van der Waals surface area contributed by atoms with Gasteiger partial charge in [0.1, 0.15) is 18.6 Å². The van der Waals surface area contributed by atoms with Crippen LogP contribution in [0.1, 0.15) is 11.3 Å². The molecule has 0 atom stereocenters. The molecular formula is C21H16NO2+. The largest absolute Gasteiger partial charge is 0.450 e. The van der Waals surface area contributed by atoms with Crippen molar-refractivity contribution in [2.24, 2.45) is 7.05 Å². The van der Waals surface area contributed by atoms with Crippen LogP contribution in [0.2, 0.25) is 0 Å². The lowest BCUT2D eigenvalue weighted by atomic mass is 9.93. The Morgan fingerprint density at radius 1 is 1.17 bits per heavy atom. The Bertz CT molecular complexity index is 1170. The van der Waals surface area contributed by atoms with E-state index in [0.717, 1.165) is 33.9 Å². The molecule has 24 heavy (non-hydrogen) atoms. The molecule has 5 rings (SSSR count). The van der Waals surface area contributed by atoms with E-state index in [1.54, 1.807) is 6.08 Å². The maximum absolute atomic E-state index is 6.34. The zero-order valence-electron chi connectivity index (χ0n) is 13.6. The van der Waals surface area contributed by atoms with Crippen LogP contribution in [0.15, 0.2) is 53.6 Å². The molecule has 2 aromatic heterocycles. The third-order valence-electron chi connectivity index (χ3n) is 4.77. The van der Waals surface area contributed by atoms with Gasteiger partial charge in [-0.3, -0.25) is 0 Å². The Morgan fingerprint density at radius 2 is 2.04 bits per heavy atom. The van der Waals surface area contributed by atoms with Crippen molar-refractivity contribution in [1.82, 2.24) is 0 Å². The quantitative estimate of drug-likeness (QED) is 0.401. The van der Waals surface area contributed by atoms with Crippen molar-refractivity contribution in [3.05, 3.63) is 60.5 Å². The highest BCUT2D eigenvalue weighted by Crippen LogP contribution is 2.48. The zero-order valence-corrected chi connectivity index (χ0v) is 13.6. The Labute approximate surface area is 139 Å². The number of aryl methyl sites for hydroxylation is 2. The van der Waals surface area contributed by atoms with Gasteiger partial charge in [0, 0.05) is 5.39 Å². The first kappa shape index (κ1) is 13.4. The molecule has 0 bridgehead atoms. The Kier molecular flexibility index (Phi) is 2.50. The summed E-state index contributed by atoms with van der Waals surface area (Å²) in [5.41, 5.74) is 4.35. The van der Waals surface area contributed by atoms with E-state index in [-0.39, 0.29) is 0 Å². The Hall–Kier alpha value is -3.07. The van der Waals surface area contributed by atoms with Gasteiger partial charge in [-0.1, -0.05) is 30.8 Å². The number of hydrogen-bond acceptors (Lipinski definition) is 2. The molecule has 1 aliphatic heterocycles. The van der Waals surface area contributed by atoms with E-state index in [9.17, 15) is 0 Å². The topological polar surface area (TPSA) is 26.2 Å². The average Bonchev–Trinajstić information content (AvgIpc) is 3.00. The van der Waals surface area contributed by atoms with Gasteiger partial charge in [0.15, 0.2) is 0 Å². The van der Waals surface area contributed by atoms with Crippen molar-refractivity contribution in [2.75, 3.05) is 0 Å². The van der Waals surface area contributed by atoms with Crippen LogP contribution in [0.3, 0.4) is 0 Å². The standard InChI is InChI=1S/C21H16NO2/c1-4-14-10-15-17(23-14)11-22(3)20-18-12(2)8-9-13-6-5-7-16(19(13)18)24-21(15)20/h4-11H,1H2,2-3H3/q+1. The summed E-state index contributed by atoms with van der Waals surface area (Å²) in [6, 6.07) is 12.5. The first-order valence-electron chi connectivity index (χ1n) is 7.96. The van der Waals surface area contributed by atoms with Gasteiger partial charge in [-0.15, -0.1) is 0 Å². The molecule has 0 unspecified atom stereocenters. The summed E-state index contributed by atoms with van der Waals surface area (Å²) in [6.45, 7) is 5.95. The maximum atomic E-state index is 6.34. The van der Waals surface area contributed by atoms with E-state index < -0.39 is 0 Å². The Morgan fingerprint density at radius 3 is 2.88 bits per heavy atom. The fourth-order valence-corrected chi connectivity index (χ4v) is 3.67. The predicted octanol–water partition coefficient (Wildman–Crippen LogP) is 5.13. The summed E-state index contributed by atoms with van der Waals surface area (Å²) in [7, 11) is 2.03. The van der Waals surface area contributed by atoms with Crippen LogP contribution in [0, 0.1) is 6.92 Å². The summed E-state index contributed by atoms with van der Waals surface area (Å²) >= 11 is 0. The minimum atomic E-state index is 0.746. The minimum absolute atomic E-state index is 0.746. The second-order valence-electron chi connectivity index (χ2n) is 6.26. The molecule has 0 N–H and O–H groups in total. The molecule has 3 nitrogen and oxygen atoms in total. The van der Waals surface area contributed by atoms with Crippen LogP contribution in [0.25, 0.3) is 39.1 Å². The van der Waals surface area contributed by atoms with E-state index >= 15 is 0 Å². The number of benzene rings is 2. The monoisotopic (exact) mass is 314 g/mol. The van der Waals surface area contributed by atoms with Crippen LogP contribution < -0.4 is 9.30 Å². The zero-order chi connectivity index (χ0) is 16.4. The lowest BCUT2D eigenvalue weighted by molar-refractivity contribution is -0.659. The molecule has 2 aromatic carbocycles. The molecule has 0 saturated carbocycles. The second-order valence-corrected chi connectivity index (χ2v) is 6.26. The predicted molar refractivity (Wildman–Crippen MR) is 95.2 cm³/mol. The minimum Gasteiger partial charge on any atom is -0.450 e. The van der Waals surface area contributed by atoms with Gasteiger partial charge >= 0.3 is 0 Å². The normalized spacial score (nSPS) is 12.2. The lowest BCUT2D eigenvalue weighted by Crippen LogP contribution is -2.32. The van der Waals surface area contributed by atoms with Crippen molar-refractivity contribution in [1.29, 1.82) is 0 Å². The lowest BCUT2D eigenvalue weighted by Gasteiger charge is -2.20. The summed E-state index contributed by atoms with van der Waals surface area (Å²) < 4.78 is 14.3. The molecule has 3 heteroatoms. The smallest absolute Gasteiger partial charge is 0.257 e.